The maximum absolute atomic E-state index is 12.9. The Kier molecular flexibility index (Phi) is 4.41. The smallest absolute Gasteiger partial charge is 0.123 e. The van der Waals surface area contributed by atoms with Gasteiger partial charge in [-0.2, -0.15) is 5.10 Å². The van der Waals surface area contributed by atoms with Crippen molar-refractivity contribution in [3.05, 3.63) is 53.6 Å². The van der Waals surface area contributed by atoms with E-state index in [1.807, 2.05) is 12.1 Å². The van der Waals surface area contributed by atoms with Crippen molar-refractivity contribution in [1.82, 2.24) is 15.1 Å². The highest BCUT2D eigenvalue weighted by molar-refractivity contribution is 5.16. The maximum Gasteiger partial charge on any atom is 0.123 e. The molecule has 0 atom stereocenters. The van der Waals surface area contributed by atoms with E-state index >= 15 is 0 Å². The Bertz CT molecular complexity index is 496. The Labute approximate surface area is 104 Å². The predicted molar refractivity (Wildman–Crippen MR) is 65.1 cm³/mol. The van der Waals surface area contributed by atoms with Crippen LogP contribution in [0.1, 0.15) is 11.3 Å². The number of aryl methyl sites for hydroxylation is 1. The third-order valence-electron chi connectivity index (χ3n) is 2.63. The molecule has 0 aliphatic rings. The van der Waals surface area contributed by atoms with E-state index < -0.39 is 6.67 Å². The fourth-order valence-electron chi connectivity index (χ4n) is 1.77. The van der Waals surface area contributed by atoms with Gasteiger partial charge in [0.05, 0.1) is 12.2 Å². The molecule has 0 spiro atoms. The molecular weight excluding hydrogens is 236 g/mol. The minimum atomic E-state index is -0.432. The Morgan fingerprint density at radius 2 is 2.11 bits per heavy atom. The van der Waals surface area contributed by atoms with Gasteiger partial charge in [-0.1, -0.05) is 12.1 Å². The van der Waals surface area contributed by atoms with E-state index in [2.05, 4.69) is 10.4 Å². The second-order valence-electron chi connectivity index (χ2n) is 3.97. The molecule has 1 heterocycles. The van der Waals surface area contributed by atoms with E-state index in [0.29, 0.717) is 13.1 Å². The number of hydrogen-bond acceptors (Lipinski definition) is 2. The number of nitrogens with one attached hydrogen (secondary N) is 1. The standard InChI is InChI=1S/C13H15F2N3/c14-5-7-18-13(4-6-17-18)10-16-9-11-2-1-3-12(15)8-11/h1-4,6,8,16H,5,7,9-10H2. The summed E-state index contributed by atoms with van der Waals surface area (Å²) in [6, 6.07) is 8.29. The molecule has 1 aromatic heterocycles. The number of alkyl halides is 1. The zero-order chi connectivity index (χ0) is 12.8. The van der Waals surface area contributed by atoms with Gasteiger partial charge in [-0.15, -0.1) is 0 Å². The first-order valence-corrected chi connectivity index (χ1v) is 5.81. The number of aromatic nitrogens is 2. The number of benzene rings is 1. The lowest BCUT2D eigenvalue weighted by Crippen LogP contribution is -2.17. The molecule has 0 unspecified atom stereocenters. The molecule has 1 aromatic carbocycles. The fraction of sp³-hybridized carbons (Fsp3) is 0.308. The predicted octanol–water partition coefficient (Wildman–Crippen LogP) is 2.28. The summed E-state index contributed by atoms with van der Waals surface area (Å²) in [4.78, 5) is 0. The molecule has 5 heteroatoms. The lowest BCUT2D eigenvalue weighted by Gasteiger charge is -2.07. The molecule has 3 nitrogen and oxygen atoms in total. The van der Waals surface area contributed by atoms with Crippen molar-refractivity contribution >= 4 is 0 Å². The number of halogens is 2. The molecule has 0 bridgehead atoms. The second kappa shape index (κ2) is 6.26. The van der Waals surface area contributed by atoms with Crippen molar-refractivity contribution in [2.45, 2.75) is 19.6 Å². The van der Waals surface area contributed by atoms with E-state index in [1.165, 1.54) is 12.1 Å². The maximum atomic E-state index is 12.9. The summed E-state index contributed by atoms with van der Waals surface area (Å²) in [5.74, 6) is -0.239. The number of rotatable bonds is 6. The van der Waals surface area contributed by atoms with Crippen LogP contribution in [0.15, 0.2) is 36.5 Å². The van der Waals surface area contributed by atoms with Crippen molar-refractivity contribution in [2.75, 3.05) is 6.67 Å². The zero-order valence-corrected chi connectivity index (χ0v) is 9.94. The highest BCUT2D eigenvalue weighted by Crippen LogP contribution is 2.04. The van der Waals surface area contributed by atoms with E-state index in [9.17, 15) is 8.78 Å². The molecule has 2 aromatic rings. The molecule has 1 N–H and O–H groups in total. The highest BCUT2D eigenvalue weighted by atomic mass is 19.1. The first-order valence-electron chi connectivity index (χ1n) is 5.81. The summed E-state index contributed by atoms with van der Waals surface area (Å²) in [5, 5.41) is 7.20. The topological polar surface area (TPSA) is 29.9 Å². The molecule has 0 saturated carbocycles. The van der Waals surface area contributed by atoms with Crippen LogP contribution < -0.4 is 5.32 Å². The van der Waals surface area contributed by atoms with Crippen LogP contribution in [0.4, 0.5) is 8.78 Å². The van der Waals surface area contributed by atoms with E-state index in [4.69, 9.17) is 0 Å². The second-order valence-corrected chi connectivity index (χ2v) is 3.97. The zero-order valence-electron chi connectivity index (χ0n) is 9.94. The number of nitrogens with zero attached hydrogens (tertiary/aromatic N) is 2. The summed E-state index contributed by atoms with van der Waals surface area (Å²) >= 11 is 0. The van der Waals surface area contributed by atoms with Crippen molar-refractivity contribution < 1.29 is 8.78 Å². The molecule has 0 saturated heterocycles. The summed E-state index contributed by atoms with van der Waals surface area (Å²) in [7, 11) is 0. The van der Waals surface area contributed by atoms with Crippen LogP contribution in [0.5, 0.6) is 0 Å². The average Bonchev–Trinajstić information content (AvgIpc) is 2.78. The molecular formula is C13H15F2N3. The Balaban J connectivity index is 1.86. The SMILES string of the molecule is FCCn1nccc1CNCc1cccc(F)c1. The molecule has 2 rings (SSSR count). The summed E-state index contributed by atoms with van der Waals surface area (Å²) in [6.07, 6.45) is 1.65. The third-order valence-corrected chi connectivity index (χ3v) is 2.63. The molecule has 96 valence electrons. The van der Waals surface area contributed by atoms with Gasteiger partial charge in [0, 0.05) is 19.3 Å². The van der Waals surface area contributed by atoms with Crippen LogP contribution in [0.3, 0.4) is 0 Å². The monoisotopic (exact) mass is 251 g/mol. The summed E-state index contributed by atoms with van der Waals surface area (Å²) in [6.45, 7) is 0.984. The minimum absolute atomic E-state index is 0.239. The van der Waals surface area contributed by atoms with Gasteiger partial charge in [-0.05, 0) is 23.8 Å². The first kappa shape index (κ1) is 12.7. The van der Waals surface area contributed by atoms with E-state index in [0.717, 1.165) is 11.3 Å². The van der Waals surface area contributed by atoms with Gasteiger partial charge < -0.3 is 5.32 Å². The lowest BCUT2D eigenvalue weighted by molar-refractivity contribution is 0.417. The van der Waals surface area contributed by atoms with Gasteiger partial charge in [0.15, 0.2) is 0 Å². The van der Waals surface area contributed by atoms with Crippen LogP contribution in [0.25, 0.3) is 0 Å². The van der Waals surface area contributed by atoms with Crippen molar-refractivity contribution in [2.24, 2.45) is 0 Å². The van der Waals surface area contributed by atoms with Crippen LogP contribution in [0.2, 0.25) is 0 Å². The Hall–Kier alpha value is -1.75. The van der Waals surface area contributed by atoms with Crippen molar-refractivity contribution in [1.29, 1.82) is 0 Å². The first-order chi connectivity index (χ1) is 8.79. The fourth-order valence-corrected chi connectivity index (χ4v) is 1.77. The lowest BCUT2D eigenvalue weighted by atomic mass is 10.2. The van der Waals surface area contributed by atoms with Gasteiger partial charge in [0.1, 0.15) is 12.5 Å². The van der Waals surface area contributed by atoms with Crippen LogP contribution in [-0.2, 0) is 19.6 Å². The highest BCUT2D eigenvalue weighted by Gasteiger charge is 2.02. The van der Waals surface area contributed by atoms with E-state index in [-0.39, 0.29) is 12.4 Å². The minimum Gasteiger partial charge on any atom is -0.307 e. The normalized spacial score (nSPS) is 10.8. The van der Waals surface area contributed by atoms with Crippen LogP contribution >= 0.6 is 0 Å². The average molecular weight is 251 g/mol. The molecule has 0 radical (unpaired) electrons. The van der Waals surface area contributed by atoms with Crippen LogP contribution in [0, 0.1) is 5.82 Å². The summed E-state index contributed by atoms with van der Waals surface area (Å²) in [5.41, 5.74) is 1.80. The van der Waals surface area contributed by atoms with Crippen molar-refractivity contribution in [3.63, 3.8) is 0 Å². The van der Waals surface area contributed by atoms with Gasteiger partial charge in [0.25, 0.3) is 0 Å². The van der Waals surface area contributed by atoms with Gasteiger partial charge in [0.2, 0.25) is 0 Å². The largest absolute Gasteiger partial charge is 0.307 e. The summed E-state index contributed by atoms with van der Waals surface area (Å²) < 4.78 is 26.8. The van der Waals surface area contributed by atoms with Crippen LogP contribution in [-0.4, -0.2) is 16.5 Å². The molecule has 0 amide bonds. The molecule has 0 aliphatic heterocycles. The van der Waals surface area contributed by atoms with E-state index in [1.54, 1.807) is 16.9 Å². The van der Waals surface area contributed by atoms with Crippen molar-refractivity contribution in [3.8, 4) is 0 Å². The molecule has 18 heavy (non-hydrogen) atoms. The Morgan fingerprint density at radius 3 is 2.89 bits per heavy atom. The van der Waals surface area contributed by atoms with Gasteiger partial charge in [-0.25, -0.2) is 8.78 Å². The Morgan fingerprint density at radius 1 is 1.22 bits per heavy atom. The number of hydrogen-bond donors (Lipinski definition) is 1. The molecule has 0 fully saturated rings. The molecule has 0 aliphatic carbocycles. The van der Waals surface area contributed by atoms with Gasteiger partial charge in [-0.3, -0.25) is 4.68 Å². The third kappa shape index (κ3) is 3.37. The van der Waals surface area contributed by atoms with Gasteiger partial charge >= 0.3 is 0 Å². The quantitative estimate of drug-likeness (QED) is 0.853.